The van der Waals surface area contributed by atoms with Gasteiger partial charge >= 0.3 is 13.6 Å². The topological polar surface area (TPSA) is 192 Å². The van der Waals surface area contributed by atoms with E-state index in [4.69, 9.17) is 23.7 Å². The van der Waals surface area contributed by atoms with Gasteiger partial charge in [-0.1, -0.05) is 63.3 Å². The quantitative estimate of drug-likeness (QED) is 0.0986. The number of carbonyl (C=O) groups excluding carboxylic acids is 3. The minimum Gasteiger partial charge on any atom is -0.497 e. The number of benzene rings is 2. The second-order valence-electron chi connectivity index (χ2n) is 17.8. The molecule has 330 valence electrons. The number of aromatic nitrogens is 1. The van der Waals surface area contributed by atoms with E-state index in [0.29, 0.717) is 46.5 Å². The first-order chi connectivity index (χ1) is 28.9. The van der Waals surface area contributed by atoms with E-state index in [1.54, 1.807) is 33.1 Å². The molecule has 2 aromatic carbocycles. The molecular formula is C44H58N5O10PS. The second-order valence-corrected chi connectivity index (χ2v) is 22.5. The van der Waals surface area contributed by atoms with Crippen molar-refractivity contribution in [3.05, 3.63) is 66.7 Å². The van der Waals surface area contributed by atoms with Crippen LogP contribution in [0.4, 0.5) is 4.79 Å². The van der Waals surface area contributed by atoms with Gasteiger partial charge in [0.05, 0.1) is 36.7 Å². The largest absolute Gasteiger partial charge is 0.497 e. The van der Waals surface area contributed by atoms with Crippen molar-refractivity contribution in [3.63, 3.8) is 0 Å². The number of sulfonamides is 1. The Bertz CT molecular complexity index is 2330. The Morgan fingerprint density at radius 2 is 1.74 bits per heavy atom. The summed E-state index contributed by atoms with van der Waals surface area (Å²) in [5.41, 5.74) is 1.84. The smallest absolute Gasteiger partial charge is 0.408 e. The van der Waals surface area contributed by atoms with Crippen LogP contribution in [0.5, 0.6) is 11.5 Å². The predicted molar refractivity (Wildman–Crippen MR) is 231 cm³/mol. The summed E-state index contributed by atoms with van der Waals surface area (Å²) in [7, 11) is -6.84. The lowest BCUT2D eigenvalue weighted by Gasteiger charge is -2.36. The van der Waals surface area contributed by atoms with E-state index in [0.717, 1.165) is 31.2 Å². The molecule has 0 bridgehead atoms. The first kappa shape index (κ1) is 44.6. The number of likely N-dealkylation sites (tertiary alicyclic amines) is 1. The van der Waals surface area contributed by atoms with Gasteiger partial charge in [-0.3, -0.25) is 14.2 Å². The van der Waals surface area contributed by atoms with Crippen molar-refractivity contribution in [2.24, 2.45) is 11.3 Å². The molecule has 6 atom stereocenters. The molecule has 0 radical (unpaired) electrons. The van der Waals surface area contributed by atoms with Gasteiger partial charge < -0.3 is 34.3 Å². The van der Waals surface area contributed by atoms with Crippen molar-refractivity contribution < 1.29 is 46.1 Å². The zero-order chi connectivity index (χ0) is 43.9. The van der Waals surface area contributed by atoms with Crippen LogP contribution in [-0.2, 0) is 33.4 Å². The van der Waals surface area contributed by atoms with Gasteiger partial charge in [0.25, 0.3) is 0 Å². The number of nitrogens with one attached hydrogen (secondary N) is 3. The summed E-state index contributed by atoms with van der Waals surface area (Å²) in [6.07, 6.45) is 2.63. The Hall–Kier alpha value is -4.50. The number of nitrogens with zero attached hydrogens (tertiary/aromatic N) is 2. The van der Waals surface area contributed by atoms with Crippen molar-refractivity contribution in [3.8, 4) is 22.8 Å². The van der Waals surface area contributed by atoms with Crippen LogP contribution in [0.1, 0.15) is 86.0 Å². The van der Waals surface area contributed by atoms with Gasteiger partial charge in [-0.05, 0) is 76.3 Å². The standard InChI is InChI=1S/C44H58N5O10PS/c1-8-57-60(53,48-61(54,55)32-19-20-32)44(25-34(44)27(2)3)47-40(50)37-23-31(26-49(37)41(51)39(43(4,5)6)46-42(52)59-29-16-12-13-17-29)58-38-24-35(28-14-10-9-11-15-28)45-36-22-30(56-7)18-21-33(36)38/h9-11,14-15,18,21-22,24,29,31-32,34,37,39H,2,8,12-13,16-17,19-20,23,25-26H2,1,3-7H3,(H,46,52)(H,47,50)(H,48,53)/t31-,34+,37+,39-,44+,60?/m1/s1. The van der Waals surface area contributed by atoms with Gasteiger partial charge in [0, 0.05) is 35.4 Å². The lowest BCUT2D eigenvalue weighted by atomic mass is 9.85. The lowest BCUT2D eigenvalue weighted by Crippen LogP contribution is -2.59. The molecule has 1 saturated heterocycles. The third kappa shape index (κ3) is 9.47. The normalized spacial score (nSPS) is 24.4. The minimum absolute atomic E-state index is 0.00214. The number of amides is 3. The van der Waals surface area contributed by atoms with Gasteiger partial charge in [0.15, 0.2) is 0 Å². The van der Waals surface area contributed by atoms with Crippen molar-refractivity contribution in [2.75, 3.05) is 20.3 Å². The van der Waals surface area contributed by atoms with Gasteiger partial charge in [-0.15, -0.1) is 4.49 Å². The number of ether oxygens (including phenoxy) is 3. The fourth-order valence-electron chi connectivity index (χ4n) is 8.53. The number of hydrogen-bond acceptors (Lipinski definition) is 11. The fraction of sp³-hybridized carbons (Fsp3) is 0.545. The maximum Gasteiger partial charge on any atom is 0.408 e. The Morgan fingerprint density at radius 3 is 2.34 bits per heavy atom. The van der Waals surface area contributed by atoms with Crippen molar-refractivity contribution in [1.82, 2.24) is 25.0 Å². The number of alkyl carbamates (subject to hydrolysis) is 1. The van der Waals surface area contributed by atoms with Crippen LogP contribution in [0.3, 0.4) is 0 Å². The van der Waals surface area contributed by atoms with E-state index in [1.807, 2.05) is 63.2 Å². The average molecular weight is 880 g/mol. The Kier molecular flexibility index (Phi) is 12.7. The van der Waals surface area contributed by atoms with E-state index in [-0.39, 0.29) is 32.1 Å². The molecule has 4 aliphatic rings. The van der Waals surface area contributed by atoms with Crippen LogP contribution < -0.4 is 24.6 Å². The molecular weight excluding hydrogens is 822 g/mol. The monoisotopic (exact) mass is 879 g/mol. The van der Waals surface area contributed by atoms with E-state index in [2.05, 4.69) is 21.7 Å². The SMILES string of the molecule is C=C(C)[C@@H]1C[C@]1(NC(=O)[C@@H]1C[C@@H](Oc2cc(-c3ccccc3)nc3cc(OC)ccc23)CN1C(=O)[C@@H](NC(=O)OC1CCCC1)C(C)(C)C)P(=O)(NS(=O)(=O)C1CC1)OCC. The number of fused-ring (bicyclic) bond motifs is 1. The van der Waals surface area contributed by atoms with Crippen LogP contribution in [0.25, 0.3) is 22.2 Å². The maximum absolute atomic E-state index is 14.9. The van der Waals surface area contributed by atoms with E-state index < -0.39 is 75.5 Å². The summed E-state index contributed by atoms with van der Waals surface area (Å²) >= 11 is 0. The summed E-state index contributed by atoms with van der Waals surface area (Å²) in [6, 6.07) is 14.5. The molecule has 1 aromatic heterocycles. The van der Waals surface area contributed by atoms with Gasteiger partial charge in [0.2, 0.25) is 21.8 Å². The Balaban J connectivity index is 1.24. The highest BCUT2D eigenvalue weighted by molar-refractivity contribution is 7.96. The van der Waals surface area contributed by atoms with Crippen LogP contribution in [0.2, 0.25) is 0 Å². The summed E-state index contributed by atoms with van der Waals surface area (Å²) in [5.74, 6) is -0.737. The highest BCUT2D eigenvalue weighted by Crippen LogP contribution is 2.72. The third-order valence-corrected chi connectivity index (χ3v) is 17.7. The van der Waals surface area contributed by atoms with Crippen LogP contribution in [-0.4, -0.2) is 91.3 Å². The zero-order valence-corrected chi connectivity index (χ0v) is 37.5. The molecule has 7 rings (SSSR count). The van der Waals surface area contributed by atoms with E-state index in [1.165, 1.54) is 4.90 Å². The molecule has 1 unspecified atom stereocenters. The maximum atomic E-state index is 14.9. The van der Waals surface area contributed by atoms with Gasteiger partial charge in [-0.2, -0.15) is 0 Å². The molecule has 3 N–H and O–H groups in total. The first-order valence-electron chi connectivity index (χ1n) is 21.1. The molecule has 61 heavy (non-hydrogen) atoms. The molecule has 3 saturated carbocycles. The lowest BCUT2D eigenvalue weighted by molar-refractivity contribution is -0.142. The molecule has 3 aliphatic carbocycles. The minimum atomic E-state index is -4.37. The number of hydrogen-bond donors (Lipinski definition) is 3. The predicted octanol–water partition coefficient (Wildman–Crippen LogP) is 7.06. The zero-order valence-electron chi connectivity index (χ0n) is 35.8. The number of methoxy groups -OCH3 is 1. The van der Waals surface area contributed by atoms with Crippen LogP contribution in [0.15, 0.2) is 66.7 Å². The molecule has 1 aliphatic heterocycles. The molecule has 17 heteroatoms. The molecule has 4 fully saturated rings. The Morgan fingerprint density at radius 1 is 1.03 bits per heavy atom. The highest BCUT2D eigenvalue weighted by Gasteiger charge is 2.70. The second kappa shape index (κ2) is 17.3. The van der Waals surface area contributed by atoms with Crippen LogP contribution >= 0.6 is 7.52 Å². The average Bonchev–Trinajstić information content (AvgIpc) is 4.10. The van der Waals surface area contributed by atoms with Crippen molar-refractivity contribution in [1.29, 1.82) is 0 Å². The molecule has 15 nitrogen and oxygen atoms in total. The summed E-state index contributed by atoms with van der Waals surface area (Å²) in [4.78, 5) is 49.5. The molecule has 0 spiro atoms. The summed E-state index contributed by atoms with van der Waals surface area (Å²) in [5, 5.41) is 4.09. The number of carbonyl (C=O) groups is 3. The fourth-order valence-corrected chi connectivity index (χ4v) is 14.0. The molecule has 3 aromatic rings. The number of pyridine rings is 1. The van der Waals surface area contributed by atoms with Gasteiger partial charge in [-0.25, -0.2) is 18.2 Å². The van der Waals surface area contributed by atoms with Gasteiger partial charge in [0.1, 0.15) is 41.1 Å². The number of rotatable bonds is 16. The summed E-state index contributed by atoms with van der Waals surface area (Å²) < 4.78 is 67.7. The van der Waals surface area contributed by atoms with Crippen molar-refractivity contribution in [2.45, 2.75) is 121 Å². The first-order valence-corrected chi connectivity index (χ1v) is 24.3. The molecule has 3 amide bonds. The molecule has 2 heterocycles. The Labute approximate surface area is 358 Å². The van der Waals surface area contributed by atoms with Crippen molar-refractivity contribution >= 4 is 46.4 Å². The van der Waals surface area contributed by atoms with Crippen LogP contribution in [0, 0.1) is 11.3 Å². The van der Waals surface area contributed by atoms with E-state index in [9.17, 15) is 27.4 Å². The van der Waals surface area contributed by atoms with E-state index >= 15 is 0 Å². The highest BCUT2D eigenvalue weighted by atomic mass is 32.2. The third-order valence-electron chi connectivity index (χ3n) is 12.1. The summed E-state index contributed by atoms with van der Waals surface area (Å²) in [6.45, 7) is 12.7.